The molecular weight excluding hydrogens is 170 g/mol. The molecule has 0 aromatic heterocycles. The van der Waals surface area contributed by atoms with Gasteiger partial charge in [-0.25, -0.2) is 0 Å². The van der Waals surface area contributed by atoms with E-state index in [1.54, 1.807) is 11.8 Å². The highest BCUT2D eigenvalue weighted by atomic mass is 32.2. The van der Waals surface area contributed by atoms with Gasteiger partial charge in [-0.05, 0) is 24.8 Å². The molecule has 0 unspecified atom stereocenters. The first-order valence-corrected chi connectivity index (χ1v) is 4.98. The van der Waals surface area contributed by atoms with Crippen LogP contribution in [0.5, 0.6) is 5.75 Å². The van der Waals surface area contributed by atoms with Gasteiger partial charge >= 0.3 is 0 Å². The predicted molar refractivity (Wildman–Crippen MR) is 52.5 cm³/mol. The van der Waals surface area contributed by atoms with E-state index in [9.17, 15) is 5.11 Å². The summed E-state index contributed by atoms with van der Waals surface area (Å²) in [5.41, 5.74) is 7.25. The Labute approximate surface area is 76.8 Å². The molecule has 0 heterocycles. The maximum absolute atomic E-state index is 9.62. The minimum absolute atomic E-state index is 0.337. The summed E-state index contributed by atoms with van der Waals surface area (Å²) in [5, 5.41) is 9.62. The second kappa shape index (κ2) is 3.83. The Morgan fingerprint density at radius 1 is 1.50 bits per heavy atom. The number of aryl methyl sites for hydroxylation is 1. The third-order valence-electron chi connectivity index (χ3n) is 1.87. The molecule has 1 aromatic rings. The molecule has 0 radical (unpaired) electrons. The molecule has 0 fully saturated rings. The molecule has 12 heavy (non-hydrogen) atoms. The number of phenolic OH excluding ortho intramolecular Hbond substituents is 1. The summed E-state index contributed by atoms with van der Waals surface area (Å²) in [7, 11) is 0. The first-order chi connectivity index (χ1) is 5.70. The van der Waals surface area contributed by atoms with E-state index < -0.39 is 0 Å². The minimum Gasteiger partial charge on any atom is -0.507 e. The molecule has 66 valence electrons. The van der Waals surface area contributed by atoms with E-state index in [2.05, 4.69) is 0 Å². The van der Waals surface area contributed by atoms with Gasteiger partial charge in [-0.3, -0.25) is 0 Å². The number of aromatic hydroxyl groups is 1. The van der Waals surface area contributed by atoms with Crippen molar-refractivity contribution in [3.63, 3.8) is 0 Å². The smallest absolute Gasteiger partial charge is 0.124 e. The van der Waals surface area contributed by atoms with Gasteiger partial charge in [-0.1, -0.05) is 6.07 Å². The van der Waals surface area contributed by atoms with E-state index in [4.69, 9.17) is 5.73 Å². The van der Waals surface area contributed by atoms with Crippen molar-refractivity contribution >= 4 is 11.8 Å². The summed E-state index contributed by atoms with van der Waals surface area (Å²) in [6.45, 7) is 2.27. The number of hydrogen-bond acceptors (Lipinski definition) is 3. The van der Waals surface area contributed by atoms with E-state index in [-0.39, 0.29) is 0 Å². The molecular formula is C9H13NOS. The fourth-order valence-electron chi connectivity index (χ4n) is 1.12. The molecule has 1 rings (SSSR count). The average molecular weight is 183 g/mol. The van der Waals surface area contributed by atoms with Crippen LogP contribution in [-0.4, -0.2) is 11.4 Å². The van der Waals surface area contributed by atoms with Crippen LogP contribution in [0.15, 0.2) is 17.0 Å². The minimum atomic E-state index is 0.337. The van der Waals surface area contributed by atoms with Crippen LogP contribution < -0.4 is 5.73 Å². The molecule has 0 aliphatic rings. The number of hydrogen-bond donors (Lipinski definition) is 2. The molecule has 2 nitrogen and oxygen atoms in total. The zero-order valence-corrected chi connectivity index (χ0v) is 8.11. The Balaban J connectivity index is 3.25. The molecule has 3 N–H and O–H groups in total. The highest BCUT2D eigenvalue weighted by Gasteiger charge is 2.07. The van der Waals surface area contributed by atoms with Crippen molar-refractivity contribution in [2.45, 2.75) is 18.4 Å². The summed E-state index contributed by atoms with van der Waals surface area (Å²) >= 11 is 1.60. The van der Waals surface area contributed by atoms with Crippen molar-refractivity contribution in [2.24, 2.45) is 5.73 Å². The van der Waals surface area contributed by atoms with Gasteiger partial charge in [-0.2, -0.15) is 0 Å². The van der Waals surface area contributed by atoms with Gasteiger partial charge < -0.3 is 10.8 Å². The van der Waals surface area contributed by atoms with Crippen molar-refractivity contribution < 1.29 is 5.11 Å². The van der Waals surface area contributed by atoms with Gasteiger partial charge in [0.2, 0.25) is 0 Å². The zero-order valence-electron chi connectivity index (χ0n) is 7.29. The van der Waals surface area contributed by atoms with Gasteiger partial charge in [0.1, 0.15) is 5.75 Å². The molecule has 3 heteroatoms. The van der Waals surface area contributed by atoms with Gasteiger partial charge in [0, 0.05) is 17.0 Å². The molecule has 0 saturated heterocycles. The zero-order chi connectivity index (χ0) is 9.14. The fraction of sp³-hybridized carbons (Fsp3) is 0.333. The Morgan fingerprint density at radius 3 is 2.67 bits per heavy atom. The van der Waals surface area contributed by atoms with Crippen molar-refractivity contribution in [1.82, 2.24) is 0 Å². The molecule has 0 aliphatic heterocycles. The van der Waals surface area contributed by atoms with Gasteiger partial charge in [-0.15, -0.1) is 11.8 Å². The van der Waals surface area contributed by atoms with Crippen LogP contribution in [0.3, 0.4) is 0 Å². The topological polar surface area (TPSA) is 46.2 Å². The van der Waals surface area contributed by atoms with E-state index in [0.29, 0.717) is 12.3 Å². The molecule has 1 aromatic carbocycles. The highest BCUT2D eigenvalue weighted by molar-refractivity contribution is 7.98. The predicted octanol–water partition coefficient (Wildman–Crippen LogP) is 1.88. The SMILES string of the molecule is CSc1ccc(C)c(O)c1CN. The number of rotatable bonds is 2. The second-order valence-electron chi connectivity index (χ2n) is 2.62. The Morgan fingerprint density at radius 2 is 2.17 bits per heavy atom. The first kappa shape index (κ1) is 9.42. The highest BCUT2D eigenvalue weighted by Crippen LogP contribution is 2.30. The van der Waals surface area contributed by atoms with Crippen LogP contribution in [-0.2, 0) is 6.54 Å². The molecule has 0 atom stereocenters. The molecule has 0 amide bonds. The van der Waals surface area contributed by atoms with Gasteiger partial charge in [0.25, 0.3) is 0 Å². The Bertz CT molecular complexity index is 286. The van der Waals surface area contributed by atoms with E-state index in [0.717, 1.165) is 16.0 Å². The number of nitrogens with two attached hydrogens (primary N) is 1. The summed E-state index contributed by atoms with van der Waals surface area (Å²) in [6, 6.07) is 3.89. The molecule has 0 aliphatic carbocycles. The van der Waals surface area contributed by atoms with Crippen LogP contribution in [0.4, 0.5) is 0 Å². The second-order valence-corrected chi connectivity index (χ2v) is 3.46. The first-order valence-electron chi connectivity index (χ1n) is 3.76. The van der Waals surface area contributed by atoms with Crippen LogP contribution in [0.1, 0.15) is 11.1 Å². The van der Waals surface area contributed by atoms with E-state index in [1.807, 2.05) is 25.3 Å². The third kappa shape index (κ3) is 1.57. The normalized spacial score (nSPS) is 10.2. The Hall–Kier alpha value is -0.670. The maximum Gasteiger partial charge on any atom is 0.124 e. The molecule has 0 bridgehead atoms. The lowest BCUT2D eigenvalue weighted by Gasteiger charge is -2.09. The van der Waals surface area contributed by atoms with Crippen molar-refractivity contribution in [1.29, 1.82) is 0 Å². The largest absolute Gasteiger partial charge is 0.507 e. The summed E-state index contributed by atoms with van der Waals surface area (Å²) in [5.74, 6) is 0.337. The van der Waals surface area contributed by atoms with E-state index in [1.165, 1.54) is 0 Å². The standard InChI is InChI=1S/C9H13NOS/c1-6-3-4-8(12-2)7(5-10)9(6)11/h3-4,11H,5,10H2,1-2H3. The number of thioether (sulfide) groups is 1. The van der Waals surface area contributed by atoms with Crippen molar-refractivity contribution in [3.8, 4) is 5.75 Å². The summed E-state index contributed by atoms with van der Waals surface area (Å²) in [4.78, 5) is 1.06. The van der Waals surface area contributed by atoms with Crippen LogP contribution in [0.2, 0.25) is 0 Å². The average Bonchev–Trinajstić information content (AvgIpc) is 2.09. The monoisotopic (exact) mass is 183 g/mol. The van der Waals surface area contributed by atoms with Gasteiger partial charge in [0.15, 0.2) is 0 Å². The molecule has 0 spiro atoms. The maximum atomic E-state index is 9.62. The van der Waals surface area contributed by atoms with Crippen LogP contribution >= 0.6 is 11.8 Å². The lowest BCUT2D eigenvalue weighted by molar-refractivity contribution is 0.462. The van der Waals surface area contributed by atoms with Crippen molar-refractivity contribution in [2.75, 3.05) is 6.26 Å². The molecule has 0 saturated carbocycles. The van der Waals surface area contributed by atoms with Crippen molar-refractivity contribution in [3.05, 3.63) is 23.3 Å². The lowest BCUT2D eigenvalue weighted by Crippen LogP contribution is -1.99. The summed E-state index contributed by atoms with van der Waals surface area (Å²) in [6.07, 6.45) is 1.98. The van der Waals surface area contributed by atoms with Crippen LogP contribution in [0.25, 0.3) is 0 Å². The fourth-order valence-corrected chi connectivity index (χ4v) is 1.75. The quantitative estimate of drug-likeness (QED) is 0.688. The van der Waals surface area contributed by atoms with Gasteiger partial charge in [0.05, 0.1) is 0 Å². The van der Waals surface area contributed by atoms with E-state index >= 15 is 0 Å². The lowest BCUT2D eigenvalue weighted by atomic mass is 10.1. The third-order valence-corrected chi connectivity index (χ3v) is 2.69. The number of benzene rings is 1. The number of phenols is 1. The Kier molecular flexibility index (Phi) is 3.00. The summed E-state index contributed by atoms with van der Waals surface area (Å²) < 4.78 is 0. The van der Waals surface area contributed by atoms with Crippen LogP contribution in [0, 0.1) is 6.92 Å².